The summed E-state index contributed by atoms with van der Waals surface area (Å²) in [5, 5.41) is 0.846. The zero-order chi connectivity index (χ0) is 12.9. The van der Waals surface area contributed by atoms with E-state index in [1.165, 1.54) is 29.9 Å². The molecule has 0 amide bonds. The number of hydrogen-bond donors (Lipinski definition) is 0. The molecule has 0 radical (unpaired) electrons. The molecule has 0 nitrogen and oxygen atoms in total. The van der Waals surface area contributed by atoms with Crippen molar-refractivity contribution in [3.8, 4) is 0 Å². The van der Waals surface area contributed by atoms with Gasteiger partial charge in [0.1, 0.15) is 0 Å². The summed E-state index contributed by atoms with van der Waals surface area (Å²) in [5.74, 6) is 4.53. The maximum absolute atomic E-state index is 5.96. The van der Waals surface area contributed by atoms with Gasteiger partial charge in [0.25, 0.3) is 0 Å². The van der Waals surface area contributed by atoms with Gasteiger partial charge >= 0.3 is 0 Å². The van der Waals surface area contributed by atoms with E-state index in [1.54, 1.807) is 19.3 Å². The average Bonchev–Trinajstić information content (AvgIpc) is 2.36. The normalized spacial score (nSPS) is 39.7. The van der Waals surface area contributed by atoms with E-state index in [-0.39, 0.29) is 0 Å². The molecule has 1 aromatic rings. The summed E-state index contributed by atoms with van der Waals surface area (Å²) in [7, 11) is 0. The van der Waals surface area contributed by atoms with Gasteiger partial charge in [-0.15, -0.1) is 11.8 Å². The van der Waals surface area contributed by atoms with Crippen LogP contribution in [0.3, 0.4) is 0 Å². The third-order valence-electron chi connectivity index (χ3n) is 5.52. The van der Waals surface area contributed by atoms with Crippen LogP contribution in [0.15, 0.2) is 29.2 Å². The molecule has 4 saturated carbocycles. The summed E-state index contributed by atoms with van der Waals surface area (Å²) in [5.41, 5.74) is 0.680. The smallest absolute Gasteiger partial charge is 0.0406 e. The first-order chi connectivity index (χ1) is 9.21. The van der Waals surface area contributed by atoms with Crippen molar-refractivity contribution in [3.05, 3.63) is 29.3 Å². The van der Waals surface area contributed by atoms with E-state index < -0.39 is 0 Å². The molecule has 4 fully saturated rings. The highest BCUT2D eigenvalue weighted by atomic mass is 35.5. The van der Waals surface area contributed by atoms with E-state index >= 15 is 0 Å². The van der Waals surface area contributed by atoms with Crippen molar-refractivity contribution in [2.75, 3.05) is 5.75 Å². The van der Waals surface area contributed by atoms with Crippen LogP contribution in [0.5, 0.6) is 0 Å². The van der Waals surface area contributed by atoms with Crippen LogP contribution in [0.2, 0.25) is 5.02 Å². The van der Waals surface area contributed by atoms with Gasteiger partial charge in [-0.05, 0) is 86.0 Å². The Morgan fingerprint density at radius 3 is 2.00 bits per heavy atom. The predicted octanol–water partition coefficient (Wildman–Crippen LogP) is 5.65. The van der Waals surface area contributed by atoms with Crippen molar-refractivity contribution in [3.63, 3.8) is 0 Å². The monoisotopic (exact) mass is 292 g/mol. The highest BCUT2D eigenvalue weighted by molar-refractivity contribution is 7.99. The topological polar surface area (TPSA) is 0 Å². The molecule has 5 rings (SSSR count). The van der Waals surface area contributed by atoms with Crippen molar-refractivity contribution in [2.24, 2.45) is 23.2 Å². The van der Waals surface area contributed by atoms with E-state index in [9.17, 15) is 0 Å². The molecule has 0 saturated heterocycles. The molecule has 4 bridgehead atoms. The lowest BCUT2D eigenvalue weighted by Gasteiger charge is -2.56. The number of halogens is 1. The molecular formula is C17H21ClS. The van der Waals surface area contributed by atoms with E-state index in [1.807, 2.05) is 12.1 Å². The zero-order valence-corrected chi connectivity index (χ0v) is 12.8. The number of thioether (sulfide) groups is 1. The summed E-state index contributed by atoms with van der Waals surface area (Å²) in [6, 6.07) is 8.38. The molecule has 0 N–H and O–H groups in total. The lowest BCUT2D eigenvalue weighted by Crippen LogP contribution is -2.47. The van der Waals surface area contributed by atoms with Gasteiger partial charge in [0.15, 0.2) is 0 Å². The van der Waals surface area contributed by atoms with Crippen molar-refractivity contribution in [1.29, 1.82) is 0 Å². The van der Waals surface area contributed by atoms with Crippen molar-refractivity contribution >= 4 is 23.4 Å². The molecule has 0 aliphatic heterocycles. The second-order valence-corrected chi connectivity index (χ2v) is 8.65. The fourth-order valence-electron chi connectivity index (χ4n) is 5.23. The Morgan fingerprint density at radius 2 is 1.47 bits per heavy atom. The van der Waals surface area contributed by atoms with Gasteiger partial charge in [0.2, 0.25) is 0 Å². The standard InChI is InChI=1S/C17H21ClS/c18-15-1-3-16(4-2-15)19-11-17-8-12-5-13(9-17)7-14(6-12)10-17/h1-4,12-14H,5-11H2. The average molecular weight is 293 g/mol. The Kier molecular flexibility index (Phi) is 3.12. The molecule has 0 heterocycles. The minimum Gasteiger partial charge on any atom is -0.126 e. The summed E-state index contributed by atoms with van der Waals surface area (Å²) in [6.07, 6.45) is 9.18. The molecule has 4 aliphatic carbocycles. The van der Waals surface area contributed by atoms with Crippen molar-refractivity contribution in [1.82, 2.24) is 0 Å². The van der Waals surface area contributed by atoms with Crippen molar-refractivity contribution < 1.29 is 0 Å². The van der Waals surface area contributed by atoms with Crippen LogP contribution in [0.4, 0.5) is 0 Å². The number of rotatable bonds is 3. The van der Waals surface area contributed by atoms with E-state index in [4.69, 9.17) is 11.6 Å². The fourth-order valence-corrected chi connectivity index (χ4v) is 6.51. The van der Waals surface area contributed by atoms with Gasteiger partial charge in [-0.3, -0.25) is 0 Å². The Balaban J connectivity index is 1.46. The first-order valence-electron chi connectivity index (χ1n) is 7.59. The number of benzene rings is 1. The van der Waals surface area contributed by atoms with Crippen LogP contribution in [0, 0.1) is 23.2 Å². The highest BCUT2D eigenvalue weighted by Gasteiger charge is 2.50. The van der Waals surface area contributed by atoms with E-state index in [2.05, 4.69) is 23.9 Å². The lowest BCUT2D eigenvalue weighted by atomic mass is 9.50. The van der Waals surface area contributed by atoms with Gasteiger partial charge in [-0.25, -0.2) is 0 Å². The van der Waals surface area contributed by atoms with Crippen LogP contribution in [-0.4, -0.2) is 5.75 Å². The third kappa shape index (κ3) is 2.45. The molecule has 2 heteroatoms. The Labute approximate surface area is 125 Å². The van der Waals surface area contributed by atoms with Crippen LogP contribution in [0.25, 0.3) is 0 Å². The first-order valence-corrected chi connectivity index (χ1v) is 8.96. The second-order valence-electron chi connectivity index (χ2n) is 7.16. The summed E-state index contributed by atoms with van der Waals surface area (Å²) < 4.78 is 0. The summed E-state index contributed by atoms with van der Waals surface area (Å²) in [4.78, 5) is 1.39. The van der Waals surface area contributed by atoms with Gasteiger partial charge < -0.3 is 0 Å². The zero-order valence-electron chi connectivity index (χ0n) is 11.3. The van der Waals surface area contributed by atoms with Crippen LogP contribution in [-0.2, 0) is 0 Å². The molecule has 0 aromatic heterocycles. The van der Waals surface area contributed by atoms with Crippen molar-refractivity contribution in [2.45, 2.75) is 43.4 Å². The maximum Gasteiger partial charge on any atom is 0.0406 e. The SMILES string of the molecule is Clc1ccc(SCC23CC4CC(CC(C4)C2)C3)cc1. The molecule has 4 aliphatic rings. The van der Waals surface area contributed by atoms with Crippen LogP contribution >= 0.6 is 23.4 Å². The lowest BCUT2D eigenvalue weighted by molar-refractivity contribution is -0.0381. The molecule has 19 heavy (non-hydrogen) atoms. The Morgan fingerprint density at radius 1 is 0.947 bits per heavy atom. The van der Waals surface area contributed by atoms with E-state index in [0.717, 1.165) is 22.8 Å². The molecule has 0 unspecified atom stereocenters. The summed E-state index contributed by atoms with van der Waals surface area (Å²) >= 11 is 8.02. The quantitative estimate of drug-likeness (QED) is 0.649. The molecule has 102 valence electrons. The maximum atomic E-state index is 5.96. The van der Waals surface area contributed by atoms with Gasteiger partial charge in [-0.1, -0.05) is 11.6 Å². The van der Waals surface area contributed by atoms with Crippen LogP contribution in [0.1, 0.15) is 38.5 Å². The first kappa shape index (κ1) is 12.6. The Bertz CT molecular complexity index is 429. The predicted molar refractivity (Wildman–Crippen MR) is 82.8 cm³/mol. The fraction of sp³-hybridized carbons (Fsp3) is 0.647. The third-order valence-corrected chi connectivity index (χ3v) is 7.14. The summed E-state index contributed by atoms with van der Waals surface area (Å²) in [6.45, 7) is 0. The molecular weight excluding hydrogens is 272 g/mol. The van der Waals surface area contributed by atoms with Gasteiger partial charge in [0.05, 0.1) is 0 Å². The Hall–Kier alpha value is -0.140. The van der Waals surface area contributed by atoms with E-state index in [0.29, 0.717) is 5.41 Å². The highest BCUT2D eigenvalue weighted by Crippen LogP contribution is 2.61. The minimum atomic E-state index is 0.680. The molecule has 1 aromatic carbocycles. The second kappa shape index (κ2) is 4.70. The minimum absolute atomic E-state index is 0.680. The van der Waals surface area contributed by atoms with Gasteiger partial charge in [0, 0.05) is 15.7 Å². The van der Waals surface area contributed by atoms with Crippen LogP contribution < -0.4 is 0 Å². The molecule has 0 spiro atoms. The molecule has 0 atom stereocenters. The van der Waals surface area contributed by atoms with Gasteiger partial charge in [-0.2, -0.15) is 0 Å². The largest absolute Gasteiger partial charge is 0.126 e. The number of hydrogen-bond acceptors (Lipinski definition) is 1.